The van der Waals surface area contributed by atoms with Gasteiger partial charge < -0.3 is 27.5 Å². The summed E-state index contributed by atoms with van der Waals surface area (Å²) in [5.74, 6) is -0.663. The third-order valence-corrected chi connectivity index (χ3v) is 6.57. The molecule has 1 fully saturated rings. The fraction of sp³-hybridized carbons (Fsp3) is 0.269. The van der Waals surface area contributed by atoms with Crippen molar-refractivity contribution in [1.29, 1.82) is 0 Å². The van der Waals surface area contributed by atoms with Crippen LogP contribution in [0.25, 0.3) is 0 Å². The summed E-state index contributed by atoms with van der Waals surface area (Å²) in [7, 11) is 0. The topological polar surface area (TPSA) is 62.0 Å². The number of Topliss-reactive ketones (excluding diaryl/α,β-unsaturated/α-hetero) is 1. The van der Waals surface area contributed by atoms with E-state index in [2.05, 4.69) is 0 Å². The van der Waals surface area contributed by atoms with Gasteiger partial charge in [0.2, 0.25) is 0 Å². The Balaban J connectivity index is 0.00000289. The summed E-state index contributed by atoms with van der Waals surface area (Å²) in [6.07, 6.45) is -0.217. The molecule has 0 radical (unpaired) electrons. The molecule has 6 heteroatoms. The molecule has 1 saturated heterocycles. The summed E-state index contributed by atoms with van der Waals surface area (Å²) in [6, 6.07) is 25.8. The Morgan fingerprint density at radius 1 is 1.00 bits per heavy atom. The zero-order valence-corrected chi connectivity index (χ0v) is 19.1. The second-order valence-corrected chi connectivity index (χ2v) is 8.74. The maximum Gasteiger partial charge on any atom is 0.174 e. The summed E-state index contributed by atoms with van der Waals surface area (Å²) in [5.41, 5.74) is 0.929. The molecule has 0 spiro atoms. The Morgan fingerprint density at radius 3 is 2.22 bits per heavy atom. The number of hydrogen-bond donors (Lipinski definition) is 3. The molecule has 4 atom stereocenters. The number of aliphatic hydroxyl groups is 2. The van der Waals surface area contributed by atoms with E-state index >= 15 is 0 Å². The zero-order valence-electron chi connectivity index (χ0n) is 17.6. The van der Waals surface area contributed by atoms with Crippen LogP contribution in [-0.2, 0) is 5.60 Å². The van der Waals surface area contributed by atoms with Crippen LogP contribution in [0.15, 0.2) is 84.9 Å². The molecule has 4 rings (SSSR count). The van der Waals surface area contributed by atoms with Crippen molar-refractivity contribution in [3.05, 3.63) is 107 Å². The van der Waals surface area contributed by atoms with Crippen LogP contribution in [0, 0.1) is 5.92 Å². The van der Waals surface area contributed by atoms with Gasteiger partial charge in [-0.15, -0.1) is 0 Å². The number of likely N-dealkylation sites (tertiary alicyclic amines) is 1. The van der Waals surface area contributed by atoms with E-state index in [4.69, 9.17) is 11.6 Å². The molecule has 0 bridgehead atoms. The van der Waals surface area contributed by atoms with Crippen LogP contribution in [0.3, 0.4) is 0 Å². The van der Waals surface area contributed by atoms with Gasteiger partial charge in [0, 0.05) is 17.0 Å². The van der Waals surface area contributed by atoms with Gasteiger partial charge >= 0.3 is 0 Å². The van der Waals surface area contributed by atoms with Gasteiger partial charge in [-0.1, -0.05) is 84.4 Å². The van der Waals surface area contributed by atoms with E-state index in [1.54, 1.807) is 24.3 Å². The highest BCUT2D eigenvalue weighted by Crippen LogP contribution is 2.36. The number of quaternary nitrogens is 1. The quantitative estimate of drug-likeness (QED) is 0.445. The lowest BCUT2D eigenvalue weighted by atomic mass is 9.72. The van der Waals surface area contributed by atoms with Crippen LogP contribution >= 0.6 is 11.6 Å². The van der Waals surface area contributed by atoms with Crippen molar-refractivity contribution in [2.75, 3.05) is 19.6 Å². The third kappa shape index (κ3) is 5.22. The number of carbonyl (C=O) groups excluding carboxylic acids is 1. The minimum Gasteiger partial charge on any atom is -1.00 e. The van der Waals surface area contributed by atoms with Crippen LogP contribution in [0.4, 0.5) is 0 Å². The molecule has 3 N–H and O–H groups in total. The van der Waals surface area contributed by atoms with E-state index in [-0.39, 0.29) is 18.2 Å². The average molecular weight is 472 g/mol. The van der Waals surface area contributed by atoms with Gasteiger partial charge in [-0.3, -0.25) is 4.79 Å². The minimum atomic E-state index is -1.23. The molecule has 0 saturated carbocycles. The lowest BCUT2D eigenvalue weighted by Crippen LogP contribution is -3.15. The highest BCUT2D eigenvalue weighted by molar-refractivity contribution is 6.30. The van der Waals surface area contributed by atoms with Gasteiger partial charge in [0.05, 0.1) is 13.1 Å². The second kappa shape index (κ2) is 10.6. The fourth-order valence-corrected chi connectivity index (χ4v) is 4.67. The third-order valence-electron chi connectivity index (χ3n) is 6.31. The molecule has 1 heterocycles. The number of benzene rings is 3. The van der Waals surface area contributed by atoms with Crippen molar-refractivity contribution < 1.29 is 32.3 Å². The standard InChI is InChI=1S/C26H26ClNO3.ClH/c27-22-13-11-19(12-14-22)24(29)18-28-16-15-26(31,21-9-5-2-6-10-21)23(17-28)25(30)20-7-3-1-4-8-20;/h1-14,23-24,29,31H,15-18H2;1H. The molecule has 168 valence electrons. The molecular formula is C26H27Cl2NO3. The predicted octanol–water partition coefficient (Wildman–Crippen LogP) is 0.0529. The first-order chi connectivity index (χ1) is 15.0. The van der Waals surface area contributed by atoms with E-state index in [1.165, 1.54) is 0 Å². The molecule has 32 heavy (non-hydrogen) atoms. The average Bonchev–Trinajstić information content (AvgIpc) is 2.81. The van der Waals surface area contributed by atoms with E-state index in [0.717, 1.165) is 16.0 Å². The van der Waals surface area contributed by atoms with Crippen LogP contribution in [0.1, 0.15) is 34.0 Å². The molecule has 4 nitrogen and oxygen atoms in total. The zero-order chi connectivity index (χ0) is 21.8. The summed E-state index contributed by atoms with van der Waals surface area (Å²) >= 11 is 5.96. The molecule has 0 aliphatic carbocycles. The summed E-state index contributed by atoms with van der Waals surface area (Å²) < 4.78 is 0. The number of nitrogens with one attached hydrogen (secondary N) is 1. The number of halogens is 2. The lowest BCUT2D eigenvalue weighted by Gasteiger charge is -2.42. The van der Waals surface area contributed by atoms with Crippen LogP contribution < -0.4 is 17.3 Å². The summed E-state index contributed by atoms with van der Waals surface area (Å²) in [5, 5.41) is 23.1. The first-order valence-corrected chi connectivity index (χ1v) is 11.0. The largest absolute Gasteiger partial charge is 1.00 e. The molecule has 1 aliphatic heterocycles. The smallest absolute Gasteiger partial charge is 0.174 e. The van der Waals surface area contributed by atoms with Gasteiger partial charge in [0.1, 0.15) is 24.2 Å². The normalized spacial score (nSPS) is 23.7. The molecule has 1 aliphatic rings. The minimum absolute atomic E-state index is 0. The molecular weight excluding hydrogens is 445 g/mol. The predicted molar refractivity (Wildman–Crippen MR) is 121 cm³/mol. The number of rotatable bonds is 6. The Kier molecular flexibility index (Phi) is 8.10. The van der Waals surface area contributed by atoms with Crippen molar-refractivity contribution in [3.8, 4) is 0 Å². The lowest BCUT2D eigenvalue weighted by molar-refractivity contribution is -0.914. The van der Waals surface area contributed by atoms with E-state index in [1.807, 2.05) is 60.7 Å². The highest BCUT2D eigenvalue weighted by Gasteiger charge is 2.49. The Bertz CT molecular complexity index is 1010. The Labute approximate surface area is 199 Å². The van der Waals surface area contributed by atoms with Crippen LogP contribution in [0.2, 0.25) is 5.02 Å². The first kappa shape index (κ1) is 24.4. The highest BCUT2D eigenvalue weighted by atomic mass is 35.5. The van der Waals surface area contributed by atoms with Crippen LogP contribution in [0.5, 0.6) is 0 Å². The van der Waals surface area contributed by atoms with E-state index < -0.39 is 17.6 Å². The molecule has 3 aromatic carbocycles. The monoisotopic (exact) mass is 471 g/mol. The summed E-state index contributed by atoms with van der Waals surface area (Å²) in [4.78, 5) is 14.6. The van der Waals surface area contributed by atoms with Gasteiger partial charge in [-0.2, -0.15) is 0 Å². The fourth-order valence-electron chi connectivity index (χ4n) is 4.55. The van der Waals surface area contributed by atoms with Gasteiger partial charge in [0.15, 0.2) is 5.78 Å². The van der Waals surface area contributed by atoms with Gasteiger partial charge in [0.25, 0.3) is 0 Å². The summed E-state index contributed by atoms with van der Waals surface area (Å²) in [6.45, 7) is 1.57. The number of ketones is 1. The van der Waals surface area contributed by atoms with Crippen molar-refractivity contribution in [2.45, 2.75) is 18.1 Å². The van der Waals surface area contributed by atoms with E-state index in [9.17, 15) is 15.0 Å². The Hall–Kier alpha value is -2.21. The molecule has 4 unspecified atom stereocenters. The number of hydrogen-bond acceptors (Lipinski definition) is 3. The van der Waals surface area contributed by atoms with Crippen LogP contribution in [-0.4, -0.2) is 35.6 Å². The van der Waals surface area contributed by atoms with Crippen molar-refractivity contribution in [1.82, 2.24) is 0 Å². The van der Waals surface area contributed by atoms with Crippen molar-refractivity contribution >= 4 is 17.4 Å². The van der Waals surface area contributed by atoms with E-state index in [0.29, 0.717) is 36.6 Å². The second-order valence-electron chi connectivity index (χ2n) is 8.30. The molecule has 3 aromatic rings. The molecule has 0 amide bonds. The number of carbonyl (C=O) groups is 1. The number of aliphatic hydroxyl groups excluding tert-OH is 1. The van der Waals surface area contributed by atoms with Crippen molar-refractivity contribution in [2.24, 2.45) is 5.92 Å². The first-order valence-electron chi connectivity index (χ1n) is 10.6. The Morgan fingerprint density at radius 2 is 1.59 bits per heavy atom. The molecule has 0 aromatic heterocycles. The van der Waals surface area contributed by atoms with Gasteiger partial charge in [-0.05, 0) is 23.3 Å². The van der Waals surface area contributed by atoms with Crippen molar-refractivity contribution in [3.63, 3.8) is 0 Å². The SMILES string of the molecule is O=C(c1ccccc1)C1C[NH+](CC(O)c2ccc(Cl)cc2)CCC1(O)c1ccccc1.[Cl-]. The maximum atomic E-state index is 13.5. The van der Waals surface area contributed by atoms with Gasteiger partial charge in [-0.25, -0.2) is 0 Å². The maximum absolute atomic E-state index is 13.5. The number of piperidine rings is 1.